The standard InChI is InChI=1S/C20H17FN4O3/c1-28-20(27)13-6-4-7-15(9-13)25-19(26)17-10-18(24-12-23-17)22-11-14-5-2-3-8-16(14)21/h2-10,12H,11H2,1H3,(H,25,26)(H,22,23,24). The van der Waals surface area contributed by atoms with Gasteiger partial charge in [0.15, 0.2) is 0 Å². The molecule has 0 bridgehead atoms. The summed E-state index contributed by atoms with van der Waals surface area (Å²) >= 11 is 0. The van der Waals surface area contributed by atoms with E-state index < -0.39 is 11.9 Å². The first-order chi connectivity index (χ1) is 13.6. The van der Waals surface area contributed by atoms with E-state index in [4.69, 9.17) is 0 Å². The number of carbonyl (C=O) groups is 2. The van der Waals surface area contributed by atoms with Crippen molar-refractivity contribution in [3.8, 4) is 0 Å². The van der Waals surface area contributed by atoms with Crippen LogP contribution in [-0.2, 0) is 11.3 Å². The number of amides is 1. The summed E-state index contributed by atoms with van der Waals surface area (Å²) in [6.45, 7) is 0.214. The number of benzene rings is 2. The maximum absolute atomic E-state index is 13.7. The van der Waals surface area contributed by atoms with Gasteiger partial charge in [-0.2, -0.15) is 0 Å². The van der Waals surface area contributed by atoms with Gasteiger partial charge in [-0.05, 0) is 24.3 Å². The van der Waals surface area contributed by atoms with Crippen LogP contribution in [0, 0.1) is 5.82 Å². The topological polar surface area (TPSA) is 93.2 Å². The van der Waals surface area contributed by atoms with Crippen molar-refractivity contribution in [1.82, 2.24) is 9.97 Å². The maximum Gasteiger partial charge on any atom is 0.337 e. The molecule has 3 rings (SSSR count). The zero-order valence-electron chi connectivity index (χ0n) is 15.0. The predicted molar refractivity (Wildman–Crippen MR) is 101 cm³/mol. The van der Waals surface area contributed by atoms with Gasteiger partial charge in [-0.3, -0.25) is 4.79 Å². The number of nitrogens with one attached hydrogen (secondary N) is 2. The predicted octanol–water partition coefficient (Wildman–Crippen LogP) is 3.27. The molecule has 0 aliphatic carbocycles. The van der Waals surface area contributed by atoms with Crippen LogP contribution in [0.4, 0.5) is 15.9 Å². The first-order valence-corrected chi connectivity index (χ1v) is 8.36. The Morgan fingerprint density at radius 1 is 1.07 bits per heavy atom. The molecule has 1 heterocycles. The minimum absolute atomic E-state index is 0.120. The molecule has 0 atom stereocenters. The van der Waals surface area contributed by atoms with E-state index in [2.05, 4.69) is 25.3 Å². The minimum Gasteiger partial charge on any atom is -0.465 e. The maximum atomic E-state index is 13.7. The van der Waals surface area contributed by atoms with Crippen molar-refractivity contribution in [2.75, 3.05) is 17.7 Å². The Labute approximate surface area is 160 Å². The van der Waals surface area contributed by atoms with Crippen LogP contribution >= 0.6 is 0 Å². The van der Waals surface area contributed by atoms with E-state index in [1.54, 1.807) is 36.4 Å². The van der Waals surface area contributed by atoms with Crippen LogP contribution in [0.5, 0.6) is 0 Å². The molecule has 0 spiro atoms. The Hall–Kier alpha value is -3.81. The summed E-state index contributed by atoms with van der Waals surface area (Å²) in [6.07, 6.45) is 1.24. The van der Waals surface area contributed by atoms with Gasteiger partial charge >= 0.3 is 5.97 Å². The zero-order valence-corrected chi connectivity index (χ0v) is 15.0. The van der Waals surface area contributed by atoms with Crippen LogP contribution in [0.2, 0.25) is 0 Å². The van der Waals surface area contributed by atoms with Crippen LogP contribution in [0.25, 0.3) is 0 Å². The van der Waals surface area contributed by atoms with E-state index in [1.165, 1.54) is 31.6 Å². The highest BCUT2D eigenvalue weighted by atomic mass is 19.1. The summed E-state index contributed by atoms with van der Waals surface area (Å²) < 4.78 is 18.3. The monoisotopic (exact) mass is 380 g/mol. The lowest BCUT2D eigenvalue weighted by atomic mass is 10.2. The third-order valence-electron chi connectivity index (χ3n) is 3.86. The lowest BCUT2D eigenvalue weighted by Gasteiger charge is -2.09. The molecule has 2 aromatic carbocycles. The van der Waals surface area contributed by atoms with Crippen LogP contribution < -0.4 is 10.6 Å². The van der Waals surface area contributed by atoms with E-state index in [9.17, 15) is 14.0 Å². The van der Waals surface area contributed by atoms with Crippen molar-refractivity contribution < 1.29 is 18.7 Å². The Kier molecular flexibility index (Phi) is 5.91. The highest BCUT2D eigenvalue weighted by Crippen LogP contribution is 2.14. The van der Waals surface area contributed by atoms with Gasteiger partial charge in [0.2, 0.25) is 0 Å². The quantitative estimate of drug-likeness (QED) is 0.638. The van der Waals surface area contributed by atoms with Crippen molar-refractivity contribution in [2.24, 2.45) is 0 Å². The number of esters is 1. The van der Waals surface area contributed by atoms with E-state index in [1.807, 2.05) is 0 Å². The summed E-state index contributed by atoms with van der Waals surface area (Å²) in [4.78, 5) is 32.0. The van der Waals surface area contributed by atoms with E-state index in [-0.39, 0.29) is 18.1 Å². The highest BCUT2D eigenvalue weighted by molar-refractivity contribution is 6.03. The molecule has 0 unspecified atom stereocenters. The van der Waals surface area contributed by atoms with Crippen molar-refractivity contribution in [3.05, 3.63) is 83.6 Å². The van der Waals surface area contributed by atoms with Crippen molar-refractivity contribution >= 4 is 23.4 Å². The van der Waals surface area contributed by atoms with Crippen LogP contribution in [0.15, 0.2) is 60.9 Å². The van der Waals surface area contributed by atoms with Gasteiger partial charge in [-0.1, -0.05) is 24.3 Å². The van der Waals surface area contributed by atoms with Crippen LogP contribution in [0.1, 0.15) is 26.4 Å². The number of hydrogen-bond acceptors (Lipinski definition) is 6. The lowest BCUT2D eigenvalue weighted by molar-refractivity contribution is 0.0600. The summed E-state index contributed by atoms with van der Waals surface area (Å²) in [5.74, 6) is -0.921. The molecular weight excluding hydrogens is 363 g/mol. The van der Waals surface area contributed by atoms with Gasteiger partial charge in [-0.15, -0.1) is 0 Å². The fraction of sp³-hybridized carbons (Fsp3) is 0.100. The third-order valence-corrected chi connectivity index (χ3v) is 3.86. The minimum atomic E-state index is -0.502. The fourth-order valence-electron chi connectivity index (χ4n) is 2.44. The molecule has 28 heavy (non-hydrogen) atoms. The van der Waals surface area contributed by atoms with Gasteiger partial charge in [0, 0.05) is 23.9 Å². The van der Waals surface area contributed by atoms with Gasteiger partial charge in [0.05, 0.1) is 12.7 Å². The summed E-state index contributed by atoms with van der Waals surface area (Å²) in [5, 5.41) is 5.62. The molecule has 0 aliphatic rings. The molecule has 0 saturated heterocycles. The first kappa shape index (κ1) is 19.0. The normalized spacial score (nSPS) is 10.2. The number of nitrogens with zero attached hydrogens (tertiary/aromatic N) is 2. The second-order valence-electron chi connectivity index (χ2n) is 5.76. The second kappa shape index (κ2) is 8.72. The Balaban J connectivity index is 1.69. The molecule has 1 amide bonds. The molecule has 0 fully saturated rings. The number of methoxy groups -OCH3 is 1. The van der Waals surface area contributed by atoms with Gasteiger partial charge in [-0.25, -0.2) is 19.2 Å². The Morgan fingerprint density at radius 3 is 2.68 bits per heavy atom. The summed E-state index contributed by atoms with van der Waals surface area (Å²) in [5.41, 5.74) is 1.34. The molecule has 1 aromatic heterocycles. The average Bonchev–Trinajstić information content (AvgIpc) is 2.73. The number of hydrogen-bond donors (Lipinski definition) is 2. The number of anilines is 2. The van der Waals surface area contributed by atoms with Crippen LogP contribution in [-0.4, -0.2) is 29.0 Å². The molecule has 2 N–H and O–H groups in total. The van der Waals surface area contributed by atoms with Crippen LogP contribution in [0.3, 0.4) is 0 Å². The zero-order chi connectivity index (χ0) is 19.9. The van der Waals surface area contributed by atoms with Gasteiger partial charge < -0.3 is 15.4 Å². The average molecular weight is 380 g/mol. The number of ether oxygens (including phenoxy) is 1. The third kappa shape index (κ3) is 4.67. The summed E-state index contributed by atoms with van der Waals surface area (Å²) in [6, 6.07) is 14.2. The fourth-order valence-corrected chi connectivity index (χ4v) is 2.44. The highest BCUT2D eigenvalue weighted by Gasteiger charge is 2.12. The van der Waals surface area contributed by atoms with Gasteiger partial charge in [0.25, 0.3) is 5.91 Å². The molecule has 142 valence electrons. The molecule has 0 saturated carbocycles. The number of aromatic nitrogens is 2. The van der Waals surface area contributed by atoms with E-state index in [0.29, 0.717) is 22.6 Å². The molecule has 0 radical (unpaired) electrons. The molecule has 7 nitrogen and oxygen atoms in total. The van der Waals surface area contributed by atoms with Crippen molar-refractivity contribution in [2.45, 2.75) is 6.54 Å². The smallest absolute Gasteiger partial charge is 0.337 e. The Bertz CT molecular complexity index is 1010. The van der Waals surface area contributed by atoms with E-state index in [0.717, 1.165) is 0 Å². The number of carbonyl (C=O) groups excluding carboxylic acids is 2. The number of rotatable bonds is 6. The van der Waals surface area contributed by atoms with E-state index >= 15 is 0 Å². The summed E-state index contributed by atoms with van der Waals surface area (Å²) in [7, 11) is 1.28. The molecule has 3 aromatic rings. The SMILES string of the molecule is COC(=O)c1cccc(NC(=O)c2cc(NCc3ccccc3F)ncn2)c1. The Morgan fingerprint density at radius 2 is 1.89 bits per heavy atom. The largest absolute Gasteiger partial charge is 0.465 e. The van der Waals surface area contributed by atoms with Crippen molar-refractivity contribution in [1.29, 1.82) is 0 Å². The lowest BCUT2D eigenvalue weighted by Crippen LogP contribution is -2.15. The number of halogens is 1. The second-order valence-corrected chi connectivity index (χ2v) is 5.76. The molecular formula is C20H17FN4O3. The first-order valence-electron chi connectivity index (χ1n) is 8.36. The molecule has 8 heteroatoms. The molecule has 0 aliphatic heterocycles. The van der Waals surface area contributed by atoms with Crippen molar-refractivity contribution in [3.63, 3.8) is 0 Å². The van der Waals surface area contributed by atoms with Gasteiger partial charge in [0.1, 0.15) is 23.7 Å².